The molecule has 170 valence electrons. The van der Waals surface area contributed by atoms with Crippen LogP contribution >= 0.6 is 11.3 Å². The Balaban J connectivity index is 1.52. The van der Waals surface area contributed by atoms with Gasteiger partial charge in [-0.1, -0.05) is 11.3 Å². The Bertz CT molecular complexity index is 1080. The van der Waals surface area contributed by atoms with Crippen LogP contribution in [0.3, 0.4) is 0 Å². The molecule has 0 aliphatic carbocycles. The number of aromatic nitrogens is 4. The number of carbonyl (C=O) groups is 1. The molecule has 3 aromatic rings. The fraction of sp³-hybridized carbons (Fsp3) is 0.524. The number of carbonyl (C=O) groups excluding carboxylic acids is 1. The summed E-state index contributed by atoms with van der Waals surface area (Å²) in [6.45, 7) is 5.10. The van der Waals surface area contributed by atoms with Crippen LogP contribution in [-0.4, -0.2) is 84.2 Å². The molecule has 5 rings (SSSR count). The molecule has 0 atom stereocenters. The molecule has 10 nitrogen and oxygen atoms in total. The van der Waals surface area contributed by atoms with Crippen LogP contribution in [0.4, 0.5) is 5.13 Å². The Morgan fingerprint density at radius 3 is 2.72 bits per heavy atom. The van der Waals surface area contributed by atoms with Crippen molar-refractivity contribution in [3.8, 4) is 11.5 Å². The van der Waals surface area contributed by atoms with Crippen LogP contribution in [0, 0.1) is 0 Å². The van der Waals surface area contributed by atoms with E-state index in [1.165, 1.54) is 11.3 Å². The molecular formula is C21H26N6O4S. The smallest absolute Gasteiger partial charge is 0.298 e. The van der Waals surface area contributed by atoms with Gasteiger partial charge < -0.3 is 18.8 Å². The van der Waals surface area contributed by atoms with Crippen LogP contribution in [0.5, 0.6) is 11.5 Å². The summed E-state index contributed by atoms with van der Waals surface area (Å²) in [7, 11) is 3.24. The molecule has 32 heavy (non-hydrogen) atoms. The first-order valence-electron chi connectivity index (χ1n) is 10.7. The van der Waals surface area contributed by atoms with E-state index >= 15 is 0 Å². The molecule has 2 aromatic heterocycles. The molecule has 1 amide bonds. The molecule has 0 radical (unpaired) electrons. The summed E-state index contributed by atoms with van der Waals surface area (Å²) in [4.78, 5) is 22.5. The molecule has 0 spiro atoms. The third-order valence-electron chi connectivity index (χ3n) is 5.92. The monoisotopic (exact) mass is 458 g/mol. The van der Waals surface area contributed by atoms with Gasteiger partial charge in [0.05, 0.1) is 27.4 Å². The zero-order chi connectivity index (χ0) is 22.1. The second kappa shape index (κ2) is 9.00. The largest absolute Gasteiger partial charge is 0.495 e. The number of fused-ring (bicyclic) bond motifs is 2. The molecule has 4 heterocycles. The van der Waals surface area contributed by atoms with Crippen molar-refractivity contribution < 1.29 is 19.0 Å². The number of amides is 1. The molecule has 1 aromatic carbocycles. The SMILES string of the molecule is COc1ccc(OC)c2sc(N(CCN3CCOCC3)C(=O)c3nnc4n3CCC4)nc12. The van der Waals surface area contributed by atoms with Gasteiger partial charge in [0.2, 0.25) is 5.82 Å². The van der Waals surface area contributed by atoms with Crippen LogP contribution in [0.1, 0.15) is 22.9 Å². The number of thiazole rings is 1. The molecule has 1 saturated heterocycles. The average molecular weight is 459 g/mol. The first-order chi connectivity index (χ1) is 15.7. The van der Waals surface area contributed by atoms with Crippen LogP contribution in [0.15, 0.2) is 12.1 Å². The summed E-state index contributed by atoms with van der Waals surface area (Å²) in [5, 5.41) is 9.03. The number of nitrogens with zero attached hydrogens (tertiary/aromatic N) is 6. The summed E-state index contributed by atoms with van der Waals surface area (Å²) < 4.78 is 19.3. The van der Waals surface area contributed by atoms with E-state index in [0.29, 0.717) is 47.7 Å². The number of rotatable bonds is 7. The molecule has 11 heteroatoms. The van der Waals surface area contributed by atoms with E-state index in [4.69, 9.17) is 19.2 Å². The van der Waals surface area contributed by atoms with E-state index in [-0.39, 0.29) is 5.91 Å². The van der Waals surface area contributed by atoms with Crippen molar-refractivity contribution in [1.82, 2.24) is 24.6 Å². The maximum Gasteiger partial charge on any atom is 0.298 e. The van der Waals surface area contributed by atoms with Crippen molar-refractivity contribution in [3.63, 3.8) is 0 Å². The van der Waals surface area contributed by atoms with Gasteiger partial charge in [-0.3, -0.25) is 14.6 Å². The average Bonchev–Trinajstić information content (AvgIpc) is 3.55. The van der Waals surface area contributed by atoms with Gasteiger partial charge in [-0.05, 0) is 18.6 Å². The first kappa shape index (κ1) is 21.1. The molecule has 0 unspecified atom stereocenters. The lowest BCUT2D eigenvalue weighted by molar-refractivity contribution is 0.0390. The highest BCUT2D eigenvalue weighted by atomic mass is 32.1. The van der Waals surface area contributed by atoms with E-state index in [0.717, 1.165) is 49.5 Å². The lowest BCUT2D eigenvalue weighted by atomic mass is 10.3. The van der Waals surface area contributed by atoms with Gasteiger partial charge in [-0.25, -0.2) is 4.98 Å². The minimum Gasteiger partial charge on any atom is -0.495 e. The van der Waals surface area contributed by atoms with Crippen LogP contribution in [0.25, 0.3) is 10.2 Å². The summed E-state index contributed by atoms with van der Waals surface area (Å²) in [6.07, 6.45) is 1.83. The Morgan fingerprint density at radius 2 is 1.94 bits per heavy atom. The van der Waals surface area contributed by atoms with Crippen molar-refractivity contribution in [3.05, 3.63) is 23.8 Å². The Kier molecular flexibility index (Phi) is 5.94. The fourth-order valence-electron chi connectivity index (χ4n) is 4.17. The molecule has 0 bridgehead atoms. The molecule has 0 saturated carbocycles. The van der Waals surface area contributed by atoms with E-state index in [1.807, 2.05) is 16.7 Å². The van der Waals surface area contributed by atoms with Crippen LogP contribution in [0.2, 0.25) is 0 Å². The minimum absolute atomic E-state index is 0.184. The van der Waals surface area contributed by atoms with Gasteiger partial charge in [-0.2, -0.15) is 0 Å². The highest BCUT2D eigenvalue weighted by molar-refractivity contribution is 7.22. The van der Waals surface area contributed by atoms with Gasteiger partial charge in [0.25, 0.3) is 5.91 Å². The quantitative estimate of drug-likeness (QED) is 0.529. The number of morpholine rings is 1. The Hall–Kier alpha value is -2.76. The number of methoxy groups -OCH3 is 2. The minimum atomic E-state index is -0.184. The van der Waals surface area contributed by atoms with Gasteiger partial charge in [0.1, 0.15) is 27.5 Å². The zero-order valence-corrected chi connectivity index (χ0v) is 19.1. The van der Waals surface area contributed by atoms with Crippen molar-refractivity contribution in [2.75, 3.05) is 58.5 Å². The normalized spacial score (nSPS) is 16.3. The van der Waals surface area contributed by atoms with E-state index in [9.17, 15) is 4.79 Å². The Morgan fingerprint density at radius 1 is 1.16 bits per heavy atom. The van der Waals surface area contributed by atoms with E-state index in [2.05, 4.69) is 15.1 Å². The molecule has 2 aliphatic heterocycles. The van der Waals surface area contributed by atoms with Crippen molar-refractivity contribution in [1.29, 1.82) is 0 Å². The molecular weight excluding hydrogens is 432 g/mol. The van der Waals surface area contributed by atoms with Gasteiger partial charge in [0.15, 0.2) is 5.13 Å². The number of aryl methyl sites for hydroxylation is 1. The first-order valence-corrected chi connectivity index (χ1v) is 11.6. The zero-order valence-electron chi connectivity index (χ0n) is 18.2. The van der Waals surface area contributed by atoms with Crippen molar-refractivity contribution in [2.24, 2.45) is 0 Å². The van der Waals surface area contributed by atoms with Gasteiger partial charge >= 0.3 is 0 Å². The van der Waals surface area contributed by atoms with Crippen molar-refractivity contribution in [2.45, 2.75) is 19.4 Å². The van der Waals surface area contributed by atoms with Crippen LogP contribution < -0.4 is 14.4 Å². The lowest BCUT2D eigenvalue weighted by Gasteiger charge is -2.29. The highest BCUT2D eigenvalue weighted by Crippen LogP contribution is 2.40. The molecule has 0 N–H and O–H groups in total. The summed E-state index contributed by atoms with van der Waals surface area (Å²) in [5.74, 6) is 2.41. The number of ether oxygens (including phenoxy) is 3. The van der Waals surface area contributed by atoms with E-state index < -0.39 is 0 Å². The standard InChI is InChI=1S/C21H26N6O4S/c1-29-14-5-6-15(30-2)18-17(14)22-21(32-18)27(9-8-25-10-12-31-13-11-25)20(28)19-24-23-16-4-3-7-26(16)19/h5-6H,3-4,7-13H2,1-2H3. The van der Waals surface area contributed by atoms with Crippen LogP contribution in [-0.2, 0) is 17.7 Å². The fourth-order valence-corrected chi connectivity index (χ4v) is 5.27. The van der Waals surface area contributed by atoms with Crippen molar-refractivity contribution >= 4 is 32.6 Å². The van der Waals surface area contributed by atoms with Gasteiger partial charge in [-0.15, -0.1) is 10.2 Å². The summed E-state index contributed by atoms with van der Waals surface area (Å²) in [5.41, 5.74) is 0.683. The second-order valence-corrected chi connectivity index (χ2v) is 8.73. The predicted molar refractivity (Wildman–Crippen MR) is 120 cm³/mol. The third-order valence-corrected chi connectivity index (χ3v) is 7.01. The number of anilines is 1. The maximum atomic E-state index is 13.7. The molecule has 2 aliphatic rings. The summed E-state index contributed by atoms with van der Waals surface area (Å²) >= 11 is 1.42. The second-order valence-electron chi connectivity index (χ2n) is 7.75. The van der Waals surface area contributed by atoms with Gasteiger partial charge in [0, 0.05) is 39.1 Å². The third kappa shape index (κ3) is 3.80. The Labute approximate surface area is 189 Å². The topological polar surface area (TPSA) is 94.8 Å². The molecule has 1 fully saturated rings. The van der Waals surface area contributed by atoms with E-state index in [1.54, 1.807) is 19.1 Å². The predicted octanol–water partition coefficient (Wildman–Crippen LogP) is 1.83. The maximum absolute atomic E-state index is 13.7. The summed E-state index contributed by atoms with van der Waals surface area (Å²) in [6, 6.07) is 3.68. The number of hydrogen-bond donors (Lipinski definition) is 0. The number of hydrogen-bond acceptors (Lipinski definition) is 9. The number of benzene rings is 1. The highest BCUT2D eigenvalue weighted by Gasteiger charge is 2.30. The lowest BCUT2D eigenvalue weighted by Crippen LogP contribution is -2.43.